The van der Waals surface area contributed by atoms with Crippen molar-refractivity contribution in [1.29, 1.82) is 0 Å². The smallest absolute Gasteiger partial charge is 0.276 e. The minimum atomic E-state index is -0.382. The Bertz CT molecular complexity index is 904. The number of aromatic nitrogens is 3. The highest BCUT2D eigenvalue weighted by Gasteiger charge is 2.18. The summed E-state index contributed by atoms with van der Waals surface area (Å²) < 4.78 is 1.54. The Kier molecular flexibility index (Phi) is 5.07. The maximum atomic E-state index is 12.5. The van der Waals surface area contributed by atoms with Crippen LogP contribution in [-0.4, -0.2) is 26.6 Å². The van der Waals surface area contributed by atoms with Gasteiger partial charge < -0.3 is 10.6 Å². The van der Waals surface area contributed by atoms with E-state index in [1.54, 1.807) is 49.1 Å². The van der Waals surface area contributed by atoms with Crippen LogP contribution in [0, 0.1) is 5.92 Å². The van der Waals surface area contributed by atoms with Gasteiger partial charge in [-0.1, -0.05) is 32.0 Å². The van der Waals surface area contributed by atoms with Gasteiger partial charge in [-0.3, -0.25) is 14.6 Å². The Hall–Kier alpha value is -3.48. The third-order valence-corrected chi connectivity index (χ3v) is 3.64. The SMILES string of the molecule is CC(C)C(=O)Nc1cc(C(=O)Nc2cccnc2)nn1-c1ccccc1. The van der Waals surface area contributed by atoms with E-state index in [0.29, 0.717) is 11.5 Å². The fourth-order valence-electron chi connectivity index (χ4n) is 2.25. The molecular formula is C19H19N5O2. The standard InChI is InChI=1S/C19H19N5O2/c1-13(2)18(25)22-17-11-16(19(26)21-14-7-6-10-20-12-14)23-24(17)15-8-4-3-5-9-15/h3-13H,1-2H3,(H,21,26)(H,22,25). The van der Waals surface area contributed by atoms with Gasteiger partial charge in [0, 0.05) is 18.2 Å². The monoisotopic (exact) mass is 349 g/mol. The van der Waals surface area contributed by atoms with Crippen LogP contribution in [0.5, 0.6) is 0 Å². The number of nitrogens with zero attached hydrogens (tertiary/aromatic N) is 3. The zero-order valence-corrected chi connectivity index (χ0v) is 14.5. The topological polar surface area (TPSA) is 88.9 Å². The molecule has 0 aliphatic heterocycles. The minimum absolute atomic E-state index is 0.152. The molecule has 7 heteroatoms. The number of carbonyl (C=O) groups is 2. The van der Waals surface area contributed by atoms with Crippen LogP contribution in [0.2, 0.25) is 0 Å². The van der Waals surface area contributed by atoms with E-state index in [9.17, 15) is 9.59 Å². The number of pyridine rings is 1. The maximum Gasteiger partial charge on any atom is 0.276 e. The molecule has 0 spiro atoms. The summed E-state index contributed by atoms with van der Waals surface area (Å²) in [6, 6.07) is 14.3. The Labute approximate surface area is 151 Å². The van der Waals surface area contributed by atoms with Gasteiger partial charge in [0.05, 0.1) is 17.6 Å². The van der Waals surface area contributed by atoms with E-state index < -0.39 is 0 Å². The summed E-state index contributed by atoms with van der Waals surface area (Å²) >= 11 is 0. The predicted octanol–water partition coefficient (Wildman–Crippen LogP) is 3.11. The maximum absolute atomic E-state index is 12.5. The van der Waals surface area contributed by atoms with Crippen molar-refractivity contribution in [3.8, 4) is 5.69 Å². The molecule has 7 nitrogen and oxygen atoms in total. The van der Waals surface area contributed by atoms with Crippen molar-refractivity contribution < 1.29 is 9.59 Å². The summed E-state index contributed by atoms with van der Waals surface area (Å²) in [6.07, 6.45) is 3.17. The molecule has 2 amide bonds. The Morgan fingerprint density at radius 2 is 1.81 bits per heavy atom. The number of para-hydroxylation sites is 1. The molecule has 0 atom stereocenters. The molecule has 132 valence electrons. The molecule has 0 bridgehead atoms. The lowest BCUT2D eigenvalue weighted by atomic mass is 10.2. The van der Waals surface area contributed by atoms with Gasteiger partial charge in [-0.2, -0.15) is 5.10 Å². The summed E-state index contributed by atoms with van der Waals surface area (Å²) in [6.45, 7) is 3.60. The molecule has 1 aromatic carbocycles. The lowest BCUT2D eigenvalue weighted by Gasteiger charge is -2.10. The highest BCUT2D eigenvalue weighted by atomic mass is 16.2. The second kappa shape index (κ2) is 7.60. The van der Waals surface area contributed by atoms with Crippen molar-refractivity contribution in [3.05, 3.63) is 66.6 Å². The fourth-order valence-corrected chi connectivity index (χ4v) is 2.25. The van der Waals surface area contributed by atoms with E-state index in [-0.39, 0.29) is 23.4 Å². The van der Waals surface area contributed by atoms with Crippen molar-refractivity contribution in [3.63, 3.8) is 0 Å². The van der Waals surface area contributed by atoms with Gasteiger partial charge in [0.25, 0.3) is 5.91 Å². The highest BCUT2D eigenvalue weighted by Crippen LogP contribution is 2.19. The van der Waals surface area contributed by atoms with Crippen molar-refractivity contribution in [2.45, 2.75) is 13.8 Å². The second-order valence-electron chi connectivity index (χ2n) is 6.00. The Morgan fingerprint density at radius 1 is 1.04 bits per heavy atom. The van der Waals surface area contributed by atoms with Crippen molar-refractivity contribution in [2.24, 2.45) is 5.92 Å². The molecule has 0 saturated carbocycles. The number of nitrogens with one attached hydrogen (secondary N) is 2. The lowest BCUT2D eigenvalue weighted by molar-refractivity contribution is -0.118. The number of hydrogen-bond donors (Lipinski definition) is 2. The van der Waals surface area contributed by atoms with Gasteiger partial charge in [-0.15, -0.1) is 0 Å². The molecule has 3 rings (SSSR count). The number of anilines is 2. The Morgan fingerprint density at radius 3 is 2.46 bits per heavy atom. The molecule has 2 N–H and O–H groups in total. The summed E-state index contributed by atoms with van der Waals surface area (Å²) in [5.74, 6) is -0.290. The molecule has 2 heterocycles. The summed E-state index contributed by atoms with van der Waals surface area (Å²) in [5, 5.41) is 9.91. The first-order valence-electron chi connectivity index (χ1n) is 8.22. The molecule has 3 aromatic rings. The fraction of sp³-hybridized carbons (Fsp3) is 0.158. The van der Waals surface area contributed by atoms with Gasteiger partial charge in [-0.25, -0.2) is 4.68 Å². The average Bonchev–Trinajstić information content (AvgIpc) is 3.07. The Balaban J connectivity index is 1.93. The van der Waals surface area contributed by atoms with Crippen LogP contribution < -0.4 is 10.6 Å². The quantitative estimate of drug-likeness (QED) is 0.741. The third-order valence-electron chi connectivity index (χ3n) is 3.64. The average molecular weight is 349 g/mol. The number of rotatable bonds is 5. The number of amides is 2. The van der Waals surface area contributed by atoms with Crippen molar-refractivity contribution in [2.75, 3.05) is 10.6 Å². The normalized spacial score (nSPS) is 10.6. The molecule has 26 heavy (non-hydrogen) atoms. The highest BCUT2D eigenvalue weighted by molar-refractivity contribution is 6.04. The second-order valence-corrected chi connectivity index (χ2v) is 6.00. The molecule has 0 fully saturated rings. The van der Waals surface area contributed by atoms with Crippen molar-refractivity contribution in [1.82, 2.24) is 14.8 Å². The van der Waals surface area contributed by atoms with E-state index in [0.717, 1.165) is 5.69 Å². The van der Waals surface area contributed by atoms with E-state index in [4.69, 9.17) is 0 Å². The van der Waals surface area contributed by atoms with Gasteiger partial charge in [0.1, 0.15) is 5.82 Å². The van der Waals surface area contributed by atoms with E-state index in [2.05, 4.69) is 20.7 Å². The first-order valence-corrected chi connectivity index (χ1v) is 8.22. The van der Waals surface area contributed by atoms with Gasteiger partial charge >= 0.3 is 0 Å². The molecule has 0 aliphatic rings. The number of carbonyl (C=O) groups excluding carboxylic acids is 2. The van der Waals surface area contributed by atoms with Crippen LogP contribution in [0.3, 0.4) is 0 Å². The lowest BCUT2D eigenvalue weighted by Crippen LogP contribution is -2.19. The molecule has 0 unspecified atom stereocenters. The zero-order chi connectivity index (χ0) is 18.5. The summed E-state index contributed by atoms with van der Waals surface area (Å²) in [4.78, 5) is 28.6. The van der Waals surface area contributed by atoms with Gasteiger partial charge in [0.2, 0.25) is 5.91 Å². The molecular weight excluding hydrogens is 330 g/mol. The van der Waals surface area contributed by atoms with E-state index >= 15 is 0 Å². The van der Waals surface area contributed by atoms with Crippen LogP contribution in [-0.2, 0) is 4.79 Å². The van der Waals surface area contributed by atoms with E-state index in [1.807, 2.05) is 30.3 Å². The first kappa shape index (κ1) is 17.3. The first-order chi connectivity index (χ1) is 12.5. The molecule has 0 aliphatic carbocycles. The zero-order valence-electron chi connectivity index (χ0n) is 14.5. The van der Waals surface area contributed by atoms with Gasteiger partial charge in [0.15, 0.2) is 5.69 Å². The molecule has 0 radical (unpaired) electrons. The summed E-state index contributed by atoms with van der Waals surface area (Å²) in [5.41, 5.74) is 1.50. The van der Waals surface area contributed by atoms with Crippen LogP contribution in [0.25, 0.3) is 5.69 Å². The largest absolute Gasteiger partial charge is 0.319 e. The van der Waals surface area contributed by atoms with Crippen molar-refractivity contribution >= 4 is 23.3 Å². The van der Waals surface area contributed by atoms with Crippen LogP contribution in [0.15, 0.2) is 60.9 Å². The predicted molar refractivity (Wildman–Crippen MR) is 99.2 cm³/mol. The summed E-state index contributed by atoms with van der Waals surface area (Å²) in [7, 11) is 0. The van der Waals surface area contributed by atoms with Crippen LogP contribution >= 0.6 is 0 Å². The minimum Gasteiger partial charge on any atom is -0.319 e. The van der Waals surface area contributed by atoms with Crippen LogP contribution in [0.4, 0.5) is 11.5 Å². The third kappa shape index (κ3) is 3.94. The molecule has 0 saturated heterocycles. The number of benzene rings is 1. The van der Waals surface area contributed by atoms with Crippen LogP contribution in [0.1, 0.15) is 24.3 Å². The molecule has 2 aromatic heterocycles. The van der Waals surface area contributed by atoms with E-state index in [1.165, 1.54) is 0 Å². The van der Waals surface area contributed by atoms with Gasteiger partial charge in [-0.05, 0) is 24.3 Å². The number of hydrogen-bond acceptors (Lipinski definition) is 4.